The van der Waals surface area contributed by atoms with Gasteiger partial charge in [-0.05, 0) is 67.7 Å². The van der Waals surface area contributed by atoms with Crippen molar-refractivity contribution < 1.29 is 18.3 Å². The zero-order chi connectivity index (χ0) is 22.1. The molecule has 2 fully saturated rings. The van der Waals surface area contributed by atoms with Crippen LogP contribution in [0.3, 0.4) is 0 Å². The lowest BCUT2D eigenvalue weighted by atomic mass is 9.80. The third-order valence-electron chi connectivity index (χ3n) is 7.20. The Hall–Kier alpha value is -1.88. The van der Waals surface area contributed by atoms with E-state index in [-0.39, 0.29) is 23.1 Å². The Morgan fingerprint density at radius 2 is 1.22 bits per heavy atom. The van der Waals surface area contributed by atoms with Crippen LogP contribution in [0.15, 0.2) is 24.3 Å². The van der Waals surface area contributed by atoms with Crippen LogP contribution in [0.4, 0.5) is 8.78 Å². The molecule has 0 saturated heterocycles. The number of benzene rings is 2. The van der Waals surface area contributed by atoms with E-state index in [2.05, 4.69) is 6.92 Å². The van der Waals surface area contributed by atoms with Gasteiger partial charge in [-0.3, -0.25) is 0 Å². The average Bonchev–Trinajstić information content (AvgIpc) is 3.56. The van der Waals surface area contributed by atoms with E-state index >= 15 is 8.78 Å². The fraction of sp³-hybridized carbons (Fsp3) is 0.556. The highest BCUT2D eigenvalue weighted by molar-refractivity contribution is 7.25. The third kappa shape index (κ3) is 4.59. The summed E-state index contributed by atoms with van der Waals surface area (Å²) in [6.07, 6.45) is 11.1. The highest BCUT2D eigenvalue weighted by Crippen LogP contribution is 2.42. The molecule has 5 rings (SSSR count). The van der Waals surface area contributed by atoms with Crippen LogP contribution >= 0.6 is 11.3 Å². The largest absolute Gasteiger partial charge is 0.490 e. The topological polar surface area (TPSA) is 18.5 Å². The smallest absolute Gasteiger partial charge is 0.182 e. The number of ether oxygens (including phenoxy) is 2. The van der Waals surface area contributed by atoms with Crippen molar-refractivity contribution in [1.82, 2.24) is 0 Å². The molecule has 2 aliphatic carbocycles. The van der Waals surface area contributed by atoms with Crippen molar-refractivity contribution in [2.24, 2.45) is 17.8 Å². The summed E-state index contributed by atoms with van der Waals surface area (Å²) in [6.45, 7) is 3.36. The summed E-state index contributed by atoms with van der Waals surface area (Å²) < 4.78 is 42.8. The van der Waals surface area contributed by atoms with Gasteiger partial charge >= 0.3 is 0 Å². The molecule has 3 aromatic rings. The number of unbranched alkanes of at least 4 members (excludes halogenated alkanes) is 1. The van der Waals surface area contributed by atoms with Gasteiger partial charge in [-0.15, -0.1) is 11.3 Å². The molecule has 2 saturated carbocycles. The number of hydrogen-bond acceptors (Lipinski definition) is 3. The molecular formula is C27H32F2O2S. The van der Waals surface area contributed by atoms with Crippen LogP contribution in [0.25, 0.3) is 20.2 Å². The molecule has 0 atom stereocenters. The van der Waals surface area contributed by atoms with Gasteiger partial charge in [0.25, 0.3) is 0 Å². The first-order chi connectivity index (χ1) is 15.6. The minimum absolute atomic E-state index is 0.266. The summed E-state index contributed by atoms with van der Waals surface area (Å²) in [6, 6.07) is 7.08. The second-order valence-electron chi connectivity index (χ2n) is 9.71. The molecule has 2 aliphatic rings. The summed E-state index contributed by atoms with van der Waals surface area (Å²) in [5.74, 6) is 1.69. The van der Waals surface area contributed by atoms with Gasteiger partial charge in [-0.2, -0.15) is 0 Å². The predicted octanol–water partition coefficient (Wildman–Crippen LogP) is 8.50. The highest BCUT2D eigenvalue weighted by atomic mass is 32.1. The quantitative estimate of drug-likeness (QED) is 0.320. The normalized spacial score (nSPS) is 21.3. The summed E-state index contributed by atoms with van der Waals surface area (Å²) in [5.41, 5.74) is 0. The van der Waals surface area contributed by atoms with Crippen molar-refractivity contribution in [1.29, 1.82) is 0 Å². The Kier molecular flexibility index (Phi) is 6.54. The molecule has 172 valence electrons. The van der Waals surface area contributed by atoms with Gasteiger partial charge < -0.3 is 9.47 Å². The number of hydrogen-bond donors (Lipinski definition) is 0. The summed E-state index contributed by atoms with van der Waals surface area (Å²) in [5, 5.41) is 1.47. The molecule has 0 spiro atoms. The van der Waals surface area contributed by atoms with Crippen LogP contribution in [0.2, 0.25) is 0 Å². The van der Waals surface area contributed by atoms with E-state index in [4.69, 9.17) is 9.47 Å². The molecule has 32 heavy (non-hydrogen) atoms. The van der Waals surface area contributed by atoms with E-state index < -0.39 is 0 Å². The van der Waals surface area contributed by atoms with Crippen molar-refractivity contribution in [3.8, 4) is 11.5 Å². The van der Waals surface area contributed by atoms with Crippen molar-refractivity contribution in [3.63, 3.8) is 0 Å². The average molecular weight is 459 g/mol. The third-order valence-corrected chi connectivity index (χ3v) is 8.40. The van der Waals surface area contributed by atoms with E-state index in [9.17, 15) is 0 Å². The molecule has 2 nitrogen and oxygen atoms in total. The van der Waals surface area contributed by atoms with Gasteiger partial charge in [-0.25, -0.2) is 8.78 Å². The lowest BCUT2D eigenvalue weighted by molar-refractivity contribution is 0.174. The van der Waals surface area contributed by atoms with Crippen LogP contribution in [0.5, 0.6) is 11.5 Å². The molecule has 0 bridgehead atoms. The van der Waals surface area contributed by atoms with Crippen molar-refractivity contribution in [2.45, 2.75) is 64.7 Å². The molecule has 0 unspecified atom stereocenters. The first kappa shape index (κ1) is 21.9. The van der Waals surface area contributed by atoms with E-state index in [1.54, 1.807) is 12.1 Å². The molecule has 1 aromatic heterocycles. The van der Waals surface area contributed by atoms with Crippen LogP contribution < -0.4 is 9.47 Å². The minimum atomic E-state index is -0.383. The zero-order valence-electron chi connectivity index (χ0n) is 18.8. The van der Waals surface area contributed by atoms with Crippen LogP contribution in [0.1, 0.15) is 64.7 Å². The number of fused-ring (bicyclic) bond motifs is 3. The molecular weight excluding hydrogens is 426 g/mol. The number of rotatable bonds is 9. The maximum absolute atomic E-state index is 15.3. The summed E-state index contributed by atoms with van der Waals surface area (Å²) in [4.78, 5) is 0. The van der Waals surface area contributed by atoms with Gasteiger partial charge in [0.1, 0.15) is 0 Å². The second kappa shape index (κ2) is 9.54. The standard InChI is InChI=1S/C27H32F2O2S/c1-2-3-4-17-5-7-18(8-6-17)15-30-22-13-11-20-21-12-14-23(31-16-19-9-10-19)25(29)27(21)32-26(20)24(22)28/h11-14,17-19H,2-10,15-16H2,1H3. The van der Waals surface area contributed by atoms with Crippen molar-refractivity contribution in [3.05, 3.63) is 35.9 Å². The fourth-order valence-electron chi connectivity index (χ4n) is 4.90. The summed E-state index contributed by atoms with van der Waals surface area (Å²) in [7, 11) is 0. The van der Waals surface area contributed by atoms with Crippen LogP contribution in [0, 0.1) is 29.4 Å². The SMILES string of the molecule is CCCCC1CCC(COc2ccc3c(sc4c(F)c(OCC5CC5)ccc43)c2F)CC1. The maximum Gasteiger partial charge on any atom is 0.182 e. The molecule has 1 heterocycles. The predicted molar refractivity (Wildman–Crippen MR) is 128 cm³/mol. The first-order valence-corrected chi connectivity index (χ1v) is 13.0. The number of thiophene rings is 1. The second-order valence-corrected chi connectivity index (χ2v) is 10.7. The van der Waals surface area contributed by atoms with Crippen molar-refractivity contribution >= 4 is 31.5 Å². The Balaban J connectivity index is 1.29. The zero-order valence-corrected chi connectivity index (χ0v) is 19.6. The van der Waals surface area contributed by atoms with Crippen molar-refractivity contribution in [2.75, 3.05) is 13.2 Å². The van der Waals surface area contributed by atoms with Gasteiger partial charge in [0.15, 0.2) is 23.1 Å². The van der Waals surface area contributed by atoms with Crippen LogP contribution in [-0.2, 0) is 0 Å². The minimum Gasteiger partial charge on any atom is -0.490 e. The van der Waals surface area contributed by atoms with Crippen LogP contribution in [-0.4, -0.2) is 13.2 Å². The van der Waals surface area contributed by atoms with Gasteiger partial charge in [-0.1, -0.05) is 39.0 Å². The number of halogens is 2. The first-order valence-electron chi connectivity index (χ1n) is 12.2. The molecule has 5 heteroatoms. The Bertz CT molecular complexity index is 1080. The lowest BCUT2D eigenvalue weighted by Crippen LogP contribution is -2.20. The van der Waals surface area contributed by atoms with Gasteiger partial charge in [0, 0.05) is 10.8 Å². The fourth-order valence-corrected chi connectivity index (χ4v) is 6.06. The molecule has 0 N–H and O–H groups in total. The van der Waals surface area contributed by atoms with E-state index in [0.717, 1.165) is 53.7 Å². The maximum atomic E-state index is 15.3. The Morgan fingerprint density at radius 3 is 1.69 bits per heavy atom. The monoisotopic (exact) mass is 458 g/mol. The summed E-state index contributed by atoms with van der Waals surface area (Å²) >= 11 is 1.15. The van der Waals surface area contributed by atoms with Gasteiger partial charge in [0.2, 0.25) is 0 Å². The Morgan fingerprint density at radius 1 is 0.750 bits per heavy atom. The molecule has 0 aliphatic heterocycles. The Labute approximate surface area is 192 Å². The molecule has 0 radical (unpaired) electrons. The van der Waals surface area contributed by atoms with E-state index in [0.29, 0.717) is 34.4 Å². The lowest BCUT2D eigenvalue weighted by Gasteiger charge is -2.28. The highest BCUT2D eigenvalue weighted by Gasteiger charge is 2.24. The van der Waals surface area contributed by atoms with Gasteiger partial charge in [0.05, 0.1) is 22.6 Å². The molecule has 0 amide bonds. The molecule has 2 aromatic carbocycles. The van der Waals surface area contributed by atoms with E-state index in [1.165, 1.54) is 32.1 Å². The van der Waals surface area contributed by atoms with E-state index in [1.807, 2.05) is 12.1 Å².